The molecule has 2 aromatic carbocycles. The van der Waals surface area contributed by atoms with E-state index in [0.29, 0.717) is 55.8 Å². The highest BCUT2D eigenvalue weighted by atomic mass is 35.5. The lowest BCUT2D eigenvalue weighted by atomic mass is 10.1. The summed E-state index contributed by atoms with van der Waals surface area (Å²) in [7, 11) is -4.54. The first-order valence-corrected chi connectivity index (χ1v) is 12.7. The normalized spacial score (nSPS) is 16.4. The lowest BCUT2D eigenvalue weighted by molar-refractivity contribution is -0.125. The minimum atomic E-state index is -4.54. The Hall–Kier alpha value is -2.42. The molecule has 186 valence electrons. The van der Waals surface area contributed by atoms with Crippen molar-refractivity contribution in [2.75, 3.05) is 13.1 Å². The van der Waals surface area contributed by atoms with E-state index in [1.807, 2.05) is 18.2 Å². The molecule has 3 rings (SSSR count). The van der Waals surface area contributed by atoms with Crippen LogP contribution in [0.5, 0.6) is 11.5 Å². The number of benzene rings is 2. The summed E-state index contributed by atoms with van der Waals surface area (Å²) in [5, 5.41) is 2.48. The van der Waals surface area contributed by atoms with Gasteiger partial charge in [0, 0.05) is 12.1 Å². The highest BCUT2D eigenvalue weighted by Gasteiger charge is 2.38. The summed E-state index contributed by atoms with van der Waals surface area (Å²) in [4.78, 5) is 46.8. The number of carbonyl (C=O) groups is 2. The smallest absolute Gasteiger partial charge is 0.347 e. The maximum Gasteiger partial charge on any atom is 0.347 e. The van der Waals surface area contributed by atoms with Crippen LogP contribution < -0.4 is 15.8 Å². The van der Waals surface area contributed by atoms with Crippen molar-refractivity contribution in [3.8, 4) is 11.5 Å². The fourth-order valence-corrected chi connectivity index (χ4v) is 4.65. The summed E-state index contributed by atoms with van der Waals surface area (Å²) >= 11 is 0. The van der Waals surface area contributed by atoms with Crippen molar-refractivity contribution < 1.29 is 28.7 Å². The summed E-state index contributed by atoms with van der Waals surface area (Å²) < 4.78 is 17.7. The number of nitrogens with one attached hydrogen (secondary N) is 1. The van der Waals surface area contributed by atoms with Gasteiger partial charge < -0.3 is 30.5 Å². The van der Waals surface area contributed by atoms with Gasteiger partial charge in [0.2, 0.25) is 5.91 Å². The zero-order chi connectivity index (χ0) is 23.8. The molecule has 2 atom stereocenters. The van der Waals surface area contributed by atoms with Crippen molar-refractivity contribution in [1.29, 1.82) is 0 Å². The molecule has 2 amide bonds. The van der Waals surface area contributed by atoms with Gasteiger partial charge in [-0.3, -0.25) is 14.2 Å². The quantitative estimate of drug-likeness (QED) is 0.283. The van der Waals surface area contributed by atoms with Gasteiger partial charge in [-0.15, -0.1) is 12.4 Å². The first kappa shape index (κ1) is 27.8. The topological polar surface area (TPSA) is 142 Å². The molecule has 0 saturated carbocycles. The molecule has 5 N–H and O–H groups in total. The highest BCUT2D eigenvalue weighted by Crippen LogP contribution is 2.42. The lowest BCUT2D eigenvalue weighted by Gasteiger charge is -2.27. The molecule has 1 heterocycles. The van der Waals surface area contributed by atoms with Gasteiger partial charge in [0.15, 0.2) is 0 Å². The molecular formula is C23H31ClN3O6P. The van der Waals surface area contributed by atoms with Crippen molar-refractivity contribution in [1.82, 2.24) is 10.2 Å². The number of carbonyl (C=O) groups excluding carboxylic acids is 2. The van der Waals surface area contributed by atoms with Gasteiger partial charge in [-0.05, 0) is 69.0 Å². The summed E-state index contributed by atoms with van der Waals surface area (Å²) in [6.07, 6.45) is 2.24. The molecule has 0 spiro atoms. The number of hydrogen-bond acceptors (Lipinski definition) is 5. The first-order valence-electron chi connectivity index (χ1n) is 11.0. The van der Waals surface area contributed by atoms with E-state index in [9.17, 15) is 23.9 Å². The third-order valence-corrected chi connectivity index (χ3v) is 6.72. The molecule has 34 heavy (non-hydrogen) atoms. The number of para-hydroxylation sites is 1. The number of amides is 2. The minimum Gasteiger partial charge on any atom is -0.457 e. The van der Waals surface area contributed by atoms with Crippen LogP contribution in [0.3, 0.4) is 0 Å². The van der Waals surface area contributed by atoms with Crippen molar-refractivity contribution in [2.45, 2.75) is 43.9 Å². The predicted octanol–water partition coefficient (Wildman–Crippen LogP) is 3.25. The van der Waals surface area contributed by atoms with Gasteiger partial charge in [-0.25, -0.2) is 0 Å². The second kappa shape index (κ2) is 12.9. The van der Waals surface area contributed by atoms with E-state index in [0.717, 1.165) is 0 Å². The van der Waals surface area contributed by atoms with E-state index >= 15 is 0 Å². The van der Waals surface area contributed by atoms with Gasteiger partial charge in [-0.1, -0.05) is 24.3 Å². The van der Waals surface area contributed by atoms with Gasteiger partial charge in [0.1, 0.15) is 23.3 Å². The zero-order valence-electron chi connectivity index (χ0n) is 18.7. The second-order valence-corrected chi connectivity index (χ2v) is 9.80. The maximum absolute atomic E-state index is 13.2. The molecular weight excluding hydrogens is 481 g/mol. The Morgan fingerprint density at radius 3 is 2.50 bits per heavy atom. The van der Waals surface area contributed by atoms with Crippen LogP contribution in [0.4, 0.5) is 0 Å². The molecule has 0 aliphatic carbocycles. The van der Waals surface area contributed by atoms with E-state index in [4.69, 9.17) is 10.5 Å². The van der Waals surface area contributed by atoms with Gasteiger partial charge >= 0.3 is 7.60 Å². The molecule has 11 heteroatoms. The monoisotopic (exact) mass is 511 g/mol. The van der Waals surface area contributed by atoms with Crippen molar-refractivity contribution in [3.05, 3.63) is 60.2 Å². The zero-order valence-corrected chi connectivity index (χ0v) is 20.4. The lowest BCUT2D eigenvalue weighted by Crippen LogP contribution is -2.48. The van der Waals surface area contributed by atoms with Crippen LogP contribution in [0, 0.1) is 0 Å². The van der Waals surface area contributed by atoms with E-state index in [1.54, 1.807) is 36.4 Å². The highest BCUT2D eigenvalue weighted by molar-refractivity contribution is 7.52. The minimum absolute atomic E-state index is 0. The largest absolute Gasteiger partial charge is 0.457 e. The summed E-state index contributed by atoms with van der Waals surface area (Å²) in [5.41, 5.74) is 5.82. The van der Waals surface area contributed by atoms with E-state index in [2.05, 4.69) is 5.32 Å². The number of nitrogens with zero attached hydrogens (tertiary/aromatic N) is 1. The number of nitrogens with two attached hydrogens (primary N) is 1. The van der Waals surface area contributed by atoms with E-state index in [1.165, 1.54) is 4.90 Å². The Morgan fingerprint density at radius 2 is 1.82 bits per heavy atom. The summed E-state index contributed by atoms with van der Waals surface area (Å²) in [6.45, 7) is 0.786. The standard InChI is InChI=1S/C23H30N3O6P.ClH/c24-14-5-4-13-21(33(29,30)31)25-22(27)20-12-7-15-26(20)23(28)17-8-6-11-19(16-17)32-18-9-2-1-3-10-18;/h1-3,6,8-11,16,20-21H,4-5,7,12-15,24H2,(H,25,27)(H2,29,30,31);1H. The van der Waals surface area contributed by atoms with Crippen LogP contribution in [-0.2, 0) is 9.36 Å². The second-order valence-electron chi connectivity index (χ2n) is 8.00. The Morgan fingerprint density at radius 1 is 1.12 bits per heavy atom. The molecule has 0 aromatic heterocycles. The molecule has 1 fully saturated rings. The maximum atomic E-state index is 13.2. The van der Waals surface area contributed by atoms with Gasteiger partial charge in [0.05, 0.1) is 0 Å². The van der Waals surface area contributed by atoms with Crippen LogP contribution >= 0.6 is 20.0 Å². The van der Waals surface area contributed by atoms with E-state index in [-0.39, 0.29) is 24.7 Å². The molecule has 1 aliphatic heterocycles. The number of ether oxygens (including phenoxy) is 1. The Bertz CT molecular complexity index is 1000. The molecule has 0 radical (unpaired) electrons. The number of rotatable bonds is 10. The van der Waals surface area contributed by atoms with Gasteiger partial charge in [0.25, 0.3) is 5.91 Å². The third-order valence-electron chi connectivity index (χ3n) is 5.52. The molecule has 1 aliphatic rings. The molecule has 9 nitrogen and oxygen atoms in total. The Kier molecular flexibility index (Phi) is 10.5. The van der Waals surface area contributed by atoms with Crippen LogP contribution in [-0.4, -0.2) is 51.4 Å². The van der Waals surface area contributed by atoms with Crippen molar-refractivity contribution in [3.63, 3.8) is 0 Å². The van der Waals surface area contributed by atoms with Crippen LogP contribution in [0.25, 0.3) is 0 Å². The van der Waals surface area contributed by atoms with Crippen molar-refractivity contribution in [2.24, 2.45) is 5.73 Å². The van der Waals surface area contributed by atoms with Gasteiger partial charge in [-0.2, -0.15) is 0 Å². The molecule has 2 aromatic rings. The number of halogens is 1. The Labute approximate surface area is 205 Å². The fourth-order valence-electron chi connectivity index (χ4n) is 3.83. The summed E-state index contributed by atoms with van der Waals surface area (Å²) in [6, 6.07) is 15.1. The molecule has 1 saturated heterocycles. The summed E-state index contributed by atoms with van der Waals surface area (Å²) in [5.74, 6) is -1.05. The third kappa shape index (κ3) is 7.55. The first-order chi connectivity index (χ1) is 15.8. The molecule has 0 bridgehead atoms. The van der Waals surface area contributed by atoms with Crippen molar-refractivity contribution >= 4 is 31.8 Å². The van der Waals surface area contributed by atoms with Crippen LogP contribution in [0.15, 0.2) is 54.6 Å². The fraction of sp³-hybridized carbons (Fsp3) is 0.391. The van der Waals surface area contributed by atoms with Crippen LogP contribution in [0.1, 0.15) is 42.5 Å². The SMILES string of the molecule is Cl.NCCCCC(NC(=O)C1CCCN1C(=O)c1cccc(Oc2ccccc2)c1)P(=O)(O)O. The number of hydrogen-bond donors (Lipinski definition) is 4. The number of unbranched alkanes of at least 4 members (excludes halogenated alkanes) is 1. The molecule has 2 unspecified atom stereocenters. The average Bonchev–Trinajstić information content (AvgIpc) is 3.28. The van der Waals surface area contributed by atoms with Crippen LogP contribution in [0.2, 0.25) is 0 Å². The predicted molar refractivity (Wildman–Crippen MR) is 131 cm³/mol. The van der Waals surface area contributed by atoms with E-state index < -0.39 is 25.3 Å². The Balaban J connectivity index is 0.00000408. The number of likely N-dealkylation sites (tertiary alicyclic amines) is 1. The average molecular weight is 512 g/mol.